The molecule has 1 saturated heterocycles. The van der Waals surface area contributed by atoms with Crippen LogP contribution in [0.5, 0.6) is 11.5 Å². The molecule has 2 aliphatic rings. The van der Waals surface area contributed by atoms with Gasteiger partial charge in [0.1, 0.15) is 11.5 Å². The zero-order valence-electron chi connectivity index (χ0n) is 13.4. The number of hydrogen-bond donors (Lipinski definition) is 0. The van der Waals surface area contributed by atoms with Gasteiger partial charge in [-0.05, 0) is 30.9 Å². The quantitative estimate of drug-likeness (QED) is 0.791. The summed E-state index contributed by atoms with van der Waals surface area (Å²) in [6.45, 7) is 3.99. The summed E-state index contributed by atoms with van der Waals surface area (Å²) in [4.78, 5) is 15.3. The molecule has 0 N–H and O–H groups in total. The standard InChI is InChI=1S/C20H21NO2/c1-14-10-12-21(13-11-14)20(22)19-15-6-2-4-8-17(15)23-18-9-5-3-7-16(18)19/h2-9,14,19H,10-13H2,1H3. The first-order valence-electron chi connectivity index (χ1n) is 8.38. The van der Waals surface area contributed by atoms with Crippen LogP contribution >= 0.6 is 0 Å². The van der Waals surface area contributed by atoms with Gasteiger partial charge in [-0.1, -0.05) is 43.3 Å². The summed E-state index contributed by atoms with van der Waals surface area (Å²) in [5.41, 5.74) is 1.96. The molecular formula is C20H21NO2. The van der Waals surface area contributed by atoms with Crippen LogP contribution in [0, 0.1) is 5.92 Å². The second-order valence-corrected chi connectivity index (χ2v) is 6.62. The Kier molecular flexibility index (Phi) is 3.56. The highest BCUT2D eigenvalue weighted by atomic mass is 16.5. The van der Waals surface area contributed by atoms with Crippen LogP contribution < -0.4 is 4.74 Å². The number of carbonyl (C=O) groups excluding carboxylic acids is 1. The molecule has 118 valence electrons. The van der Waals surface area contributed by atoms with Crippen LogP contribution in [0.4, 0.5) is 0 Å². The Morgan fingerprint density at radius 3 is 2.04 bits per heavy atom. The molecule has 0 spiro atoms. The molecule has 0 atom stereocenters. The molecule has 1 fully saturated rings. The largest absolute Gasteiger partial charge is 0.457 e. The summed E-state index contributed by atoms with van der Waals surface area (Å²) in [6.07, 6.45) is 2.19. The lowest BCUT2D eigenvalue weighted by Crippen LogP contribution is -2.41. The number of ether oxygens (including phenoxy) is 1. The van der Waals surface area contributed by atoms with Crippen molar-refractivity contribution in [2.45, 2.75) is 25.7 Å². The van der Waals surface area contributed by atoms with Gasteiger partial charge in [0.2, 0.25) is 5.91 Å². The maximum atomic E-state index is 13.3. The van der Waals surface area contributed by atoms with Gasteiger partial charge in [0.25, 0.3) is 0 Å². The van der Waals surface area contributed by atoms with Crippen molar-refractivity contribution in [2.24, 2.45) is 5.92 Å². The van der Waals surface area contributed by atoms with Crippen LogP contribution in [0.15, 0.2) is 48.5 Å². The van der Waals surface area contributed by atoms with Crippen molar-refractivity contribution >= 4 is 5.91 Å². The minimum atomic E-state index is -0.246. The van der Waals surface area contributed by atoms with Gasteiger partial charge < -0.3 is 9.64 Å². The molecule has 2 aromatic carbocycles. The zero-order valence-corrected chi connectivity index (χ0v) is 13.4. The lowest BCUT2D eigenvalue weighted by molar-refractivity contribution is -0.133. The number of nitrogens with zero attached hydrogens (tertiary/aromatic N) is 1. The molecule has 3 heteroatoms. The normalized spacial score (nSPS) is 18.0. The SMILES string of the molecule is CC1CCN(C(=O)C2c3ccccc3Oc3ccccc32)CC1. The Balaban J connectivity index is 1.74. The molecule has 0 saturated carbocycles. The van der Waals surface area contributed by atoms with Gasteiger partial charge in [0, 0.05) is 24.2 Å². The van der Waals surface area contributed by atoms with Crippen molar-refractivity contribution in [3.8, 4) is 11.5 Å². The number of amides is 1. The molecule has 3 nitrogen and oxygen atoms in total. The predicted molar refractivity (Wildman–Crippen MR) is 89.8 cm³/mol. The average molecular weight is 307 g/mol. The lowest BCUT2D eigenvalue weighted by Gasteiger charge is -2.35. The van der Waals surface area contributed by atoms with E-state index < -0.39 is 0 Å². The van der Waals surface area contributed by atoms with Crippen molar-refractivity contribution in [3.63, 3.8) is 0 Å². The van der Waals surface area contributed by atoms with E-state index in [-0.39, 0.29) is 11.8 Å². The van der Waals surface area contributed by atoms with E-state index in [0.29, 0.717) is 5.92 Å². The number of fused-ring (bicyclic) bond motifs is 2. The van der Waals surface area contributed by atoms with Crippen LogP contribution in [0.3, 0.4) is 0 Å². The summed E-state index contributed by atoms with van der Waals surface area (Å²) in [7, 11) is 0. The monoisotopic (exact) mass is 307 g/mol. The van der Waals surface area contributed by atoms with Gasteiger partial charge in [-0.25, -0.2) is 0 Å². The fourth-order valence-corrected chi connectivity index (χ4v) is 3.59. The second kappa shape index (κ2) is 5.73. The molecule has 0 aliphatic carbocycles. The van der Waals surface area contributed by atoms with Gasteiger partial charge in [0.05, 0.1) is 5.92 Å². The third kappa shape index (κ3) is 2.50. The molecule has 0 bridgehead atoms. The van der Waals surface area contributed by atoms with E-state index in [1.807, 2.05) is 53.4 Å². The predicted octanol–water partition coefficient (Wildman–Crippen LogP) is 4.18. The minimum Gasteiger partial charge on any atom is -0.457 e. The average Bonchev–Trinajstić information content (AvgIpc) is 2.59. The zero-order chi connectivity index (χ0) is 15.8. The van der Waals surface area contributed by atoms with Crippen molar-refractivity contribution in [1.82, 2.24) is 4.90 Å². The summed E-state index contributed by atoms with van der Waals surface area (Å²) in [5.74, 6) is 2.28. The van der Waals surface area contributed by atoms with E-state index >= 15 is 0 Å². The number of benzene rings is 2. The topological polar surface area (TPSA) is 29.5 Å². The van der Waals surface area contributed by atoms with E-state index in [1.165, 1.54) is 0 Å². The van der Waals surface area contributed by atoms with Crippen molar-refractivity contribution in [3.05, 3.63) is 59.7 Å². The molecule has 0 unspecified atom stereocenters. The van der Waals surface area contributed by atoms with E-state index in [4.69, 9.17) is 4.74 Å². The van der Waals surface area contributed by atoms with Crippen molar-refractivity contribution in [1.29, 1.82) is 0 Å². The maximum absolute atomic E-state index is 13.3. The number of rotatable bonds is 1. The maximum Gasteiger partial charge on any atom is 0.234 e. The number of hydrogen-bond acceptors (Lipinski definition) is 2. The van der Waals surface area contributed by atoms with E-state index in [2.05, 4.69) is 6.92 Å². The number of carbonyl (C=O) groups is 1. The van der Waals surface area contributed by atoms with Crippen molar-refractivity contribution < 1.29 is 9.53 Å². The molecule has 23 heavy (non-hydrogen) atoms. The van der Waals surface area contributed by atoms with Crippen LogP contribution in [0.25, 0.3) is 0 Å². The van der Waals surface area contributed by atoms with Gasteiger partial charge in [-0.3, -0.25) is 4.79 Å². The molecule has 1 amide bonds. The first-order chi connectivity index (χ1) is 11.2. The van der Waals surface area contributed by atoms with Gasteiger partial charge in [-0.15, -0.1) is 0 Å². The van der Waals surface area contributed by atoms with Crippen LogP contribution in [-0.4, -0.2) is 23.9 Å². The van der Waals surface area contributed by atoms with Gasteiger partial charge in [0.15, 0.2) is 0 Å². The Hall–Kier alpha value is -2.29. The fourth-order valence-electron chi connectivity index (χ4n) is 3.59. The summed E-state index contributed by atoms with van der Waals surface area (Å²) in [5, 5.41) is 0. The molecular weight excluding hydrogens is 286 g/mol. The third-order valence-corrected chi connectivity index (χ3v) is 5.02. The smallest absolute Gasteiger partial charge is 0.234 e. The first kappa shape index (κ1) is 14.3. The van der Waals surface area contributed by atoms with Crippen LogP contribution in [0.1, 0.15) is 36.8 Å². The van der Waals surface area contributed by atoms with E-state index in [0.717, 1.165) is 48.6 Å². The summed E-state index contributed by atoms with van der Waals surface area (Å²) < 4.78 is 5.99. The van der Waals surface area contributed by atoms with E-state index in [9.17, 15) is 4.79 Å². The minimum absolute atomic E-state index is 0.208. The van der Waals surface area contributed by atoms with Crippen LogP contribution in [-0.2, 0) is 4.79 Å². The highest BCUT2D eigenvalue weighted by molar-refractivity contribution is 5.89. The van der Waals surface area contributed by atoms with Crippen molar-refractivity contribution in [2.75, 3.05) is 13.1 Å². The second-order valence-electron chi connectivity index (χ2n) is 6.62. The summed E-state index contributed by atoms with van der Waals surface area (Å²) >= 11 is 0. The molecule has 0 aromatic heterocycles. The van der Waals surface area contributed by atoms with Gasteiger partial charge in [-0.2, -0.15) is 0 Å². The first-order valence-corrected chi connectivity index (χ1v) is 8.38. The lowest BCUT2D eigenvalue weighted by atomic mass is 9.86. The molecule has 2 aliphatic heterocycles. The third-order valence-electron chi connectivity index (χ3n) is 5.02. The summed E-state index contributed by atoms with van der Waals surface area (Å²) in [6, 6.07) is 15.8. The highest BCUT2D eigenvalue weighted by Gasteiger charge is 2.35. The Bertz CT molecular complexity index is 686. The van der Waals surface area contributed by atoms with Crippen LogP contribution in [0.2, 0.25) is 0 Å². The Morgan fingerprint density at radius 2 is 1.48 bits per heavy atom. The number of likely N-dealkylation sites (tertiary alicyclic amines) is 1. The highest BCUT2D eigenvalue weighted by Crippen LogP contribution is 2.44. The van der Waals surface area contributed by atoms with Gasteiger partial charge >= 0.3 is 0 Å². The molecule has 2 aromatic rings. The number of para-hydroxylation sites is 2. The Morgan fingerprint density at radius 1 is 0.957 bits per heavy atom. The fraction of sp³-hybridized carbons (Fsp3) is 0.350. The van der Waals surface area contributed by atoms with E-state index in [1.54, 1.807) is 0 Å². The Labute approximate surface area is 136 Å². The molecule has 0 radical (unpaired) electrons. The molecule has 2 heterocycles. The molecule has 4 rings (SSSR count). The number of piperidine rings is 1.